The molecule has 2 rings (SSSR count). The third-order valence-electron chi connectivity index (χ3n) is 6.28. The molecule has 2 nitrogen and oxygen atoms in total. The molecule has 0 saturated carbocycles. The van der Waals surface area contributed by atoms with Gasteiger partial charge in [0.05, 0.1) is 6.10 Å². The van der Waals surface area contributed by atoms with Crippen molar-refractivity contribution < 1.29 is 9.22 Å². The second-order valence-electron chi connectivity index (χ2n) is 9.77. The van der Waals surface area contributed by atoms with Crippen molar-refractivity contribution in [2.75, 3.05) is 0 Å². The highest BCUT2D eigenvalue weighted by atomic mass is 28.4. The standard InChI is InChI=1S/C27H38O2Si/c1-8-25(28)11-9-10-12-26(29-30(6,7)27(3,4)5)24-19-17-23(18-20-24)22-15-13-21(2)14-16-22/h8,13-20,26H,1,9-12H2,2-7H3. The van der Waals surface area contributed by atoms with E-state index in [1.165, 1.54) is 28.3 Å². The van der Waals surface area contributed by atoms with E-state index in [9.17, 15) is 4.79 Å². The first-order chi connectivity index (χ1) is 14.0. The molecular formula is C27H38O2Si. The Bertz CT molecular complexity index is 827. The van der Waals surface area contributed by atoms with Crippen LogP contribution in [0.15, 0.2) is 61.2 Å². The van der Waals surface area contributed by atoms with E-state index in [0.29, 0.717) is 6.42 Å². The fourth-order valence-electron chi connectivity index (χ4n) is 3.19. The lowest BCUT2D eigenvalue weighted by Gasteiger charge is -2.39. The Kier molecular flexibility index (Phi) is 8.40. The molecule has 0 bridgehead atoms. The van der Waals surface area contributed by atoms with Gasteiger partial charge in [-0.2, -0.15) is 0 Å². The summed E-state index contributed by atoms with van der Waals surface area (Å²) in [6.07, 6.45) is 4.84. The van der Waals surface area contributed by atoms with Crippen LogP contribution in [0.4, 0.5) is 0 Å². The van der Waals surface area contributed by atoms with Crippen molar-refractivity contribution in [2.24, 2.45) is 0 Å². The van der Waals surface area contributed by atoms with Gasteiger partial charge in [0.1, 0.15) is 0 Å². The van der Waals surface area contributed by atoms with Crippen LogP contribution in [0, 0.1) is 6.92 Å². The van der Waals surface area contributed by atoms with E-state index in [0.717, 1.165) is 19.3 Å². The predicted molar refractivity (Wildman–Crippen MR) is 131 cm³/mol. The lowest BCUT2D eigenvalue weighted by atomic mass is 9.98. The first-order valence-corrected chi connectivity index (χ1v) is 13.9. The van der Waals surface area contributed by atoms with Gasteiger partial charge in [-0.05, 0) is 60.7 Å². The van der Waals surface area contributed by atoms with Gasteiger partial charge in [0.25, 0.3) is 0 Å². The number of ketones is 1. The molecule has 0 fully saturated rings. The van der Waals surface area contributed by atoms with Gasteiger partial charge in [-0.25, -0.2) is 0 Å². The number of aryl methyl sites for hydroxylation is 1. The molecule has 0 saturated heterocycles. The Morgan fingerprint density at radius 2 is 1.53 bits per heavy atom. The molecule has 0 heterocycles. The van der Waals surface area contributed by atoms with Crippen LogP contribution in [-0.2, 0) is 9.22 Å². The molecule has 0 N–H and O–H groups in total. The Morgan fingerprint density at radius 3 is 2.03 bits per heavy atom. The highest BCUT2D eigenvalue weighted by molar-refractivity contribution is 6.74. The molecule has 0 radical (unpaired) electrons. The van der Waals surface area contributed by atoms with Crippen LogP contribution in [0.1, 0.15) is 63.7 Å². The van der Waals surface area contributed by atoms with E-state index in [2.05, 4.69) is 95.9 Å². The van der Waals surface area contributed by atoms with Crippen molar-refractivity contribution in [1.82, 2.24) is 0 Å². The summed E-state index contributed by atoms with van der Waals surface area (Å²) in [7, 11) is -1.91. The van der Waals surface area contributed by atoms with Gasteiger partial charge < -0.3 is 4.43 Å². The normalized spacial score (nSPS) is 13.1. The zero-order valence-corrected chi connectivity index (χ0v) is 20.6. The second kappa shape index (κ2) is 10.4. The number of carbonyl (C=O) groups is 1. The summed E-state index contributed by atoms with van der Waals surface area (Å²) in [5, 5.41) is 0.159. The zero-order chi connectivity index (χ0) is 22.4. The van der Waals surface area contributed by atoms with Crippen LogP contribution in [0.25, 0.3) is 11.1 Å². The minimum absolute atomic E-state index is 0.0665. The number of hydrogen-bond acceptors (Lipinski definition) is 2. The van der Waals surface area contributed by atoms with Crippen LogP contribution in [0.2, 0.25) is 18.1 Å². The summed E-state index contributed by atoms with van der Waals surface area (Å²) >= 11 is 0. The second-order valence-corrected chi connectivity index (χ2v) is 14.5. The third kappa shape index (κ3) is 6.78. The highest BCUT2D eigenvalue weighted by Crippen LogP contribution is 2.41. The van der Waals surface area contributed by atoms with Gasteiger partial charge in [0.2, 0.25) is 0 Å². The molecule has 1 unspecified atom stereocenters. The molecule has 0 aliphatic carbocycles. The zero-order valence-electron chi connectivity index (χ0n) is 19.6. The van der Waals surface area contributed by atoms with Gasteiger partial charge in [-0.15, -0.1) is 0 Å². The summed E-state index contributed by atoms with van der Waals surface area (Å²) in [5.41, 5.74) is 4.96. The number of carbonyl (C=O) groups excluding carboxylic acids is 1. The van der Waals surface area contributed by atoms with Crippen LogP contribution < -0.4 is 0 Å². The third-order valence-corrected chi connectivity index (χ3v) is 10.8. The SMILES string of the molecule is C=CC(=O)CCCCC(O[Si](C)(C)C(C)(C)C)c1ccc(-c2ccc(C)cc2)cc1. The molecule has 3 heteroatoms. The van der Waals surface area contributed by atoms with Gasteiger partial charge in [-0.3, -0.25) is 4.79 Å². The Labute approximate surface area is 184 Å². The lowest BCUT2D eigenvalue weighted by molar-refractivity contribution is -0.114. The van der Waals surface area contributed by atoms with E-state index < -0.39 is 8.32 Å². The summed E-state index contributed by atoms with van der Waals surface area (Å²) < 4.78 is 6.82. The van der Waals surface area contributed by atoms with E-state index in [1.807, 2.05) is 0 Å². The monoisotopic (exact) mass is 422 g/mol. The average Bonchev–Trinajstić information content (AvgIpc) is 2.70. The van der Waals surface area contributed by atoms with Crippen molar-refractivity contribution >= 4 is 14.1 Å². The maximum atomic E-state index is 11.5. The summed E-state index contributed by atoms with van der Waals surface area (Å²) in [6, 6.07) is 17.5. The molecule has 0 aliphatic heterocycles. The average molecular weight is 423 g/mol. The topological polar surface area (TPSA) is 26.3 Å². The van der Waals surface area contributed by atoms with E-state index in [1.54, 1.807) is 0 Å². The van der Waals surface area contributed by atoms with Crippen LogP contribution in [0.3, 0.4) is 0 Å². The van der Waals surface area contributed by atoms with Gasteiger partial charge >= 0.3 is 0 Å². The number of hydrogen-bond donors (Lipinski definition) is 0. The molecule has 0 aliphatic rings. The van der Waals surface area contributed by atoms with Crippen molar-refractivity contribution in [2.45, 2.75) is 77.6 Å². The number of rotatable bonds is 10. The summed E-state index contributed by atoms with van der Waals surface area (Å²) in [4.78, 5) is 11.5. The van der Waals surface area contributed by atoms with Crippen LogP contribution in [0.5, 0.6) is 0 Å². The van der Waals surface area contributed by atoms with Crippen molar-refractivity contribution in [3.63, 3.8) is 0 Å². The smallest absolute Gasteiger partial charge is 0.192 e. The minimum Gasteiger partial charge on any atom is -0.410 e. The number of unbranched alkanes of at least 4 members (excludes halogenated alkanes) is 1. The molecule has 162 valence electrons. The van der Waals surface area contributed by atoms with Crippen molar-refractivity contribution in [3.05, 3.63) is 72.3 Å². The maximum Gasteiger partial charge on any atom is 0.192 e. The fraction of sp³-hybridized carbons (Fsp3) is 0.444. The van der Waals surface area contributed by atoms with Crippen molar-refractivity contribution in [1.29, 1.82) is 0 Å². The molecule has 30 heavy (non-hydrogen) atoms. The Morgan fingerprint density at radius 1 is 1.00 bits per heavy atom. The Balaban J connectivity index is 2.18. The lowest BCUT2D eigenvalue weighted by Crippen LogP contribution is -2.41. The number of allylic oxidation sites excluding steroid dienone is 1. The molecule has 0 aromatic heterocycles. The molecule has 1 atom stereocenters. The Hall–Kier alpha value is -1.97. The van der Waals surface area contributed by atoms with E-state index in [4.69, 9.17) is 4.43 Å². The first-order valence-electron chi connectivity index (χ1n) is 11.0. The molecular weight excluding hydrogens is 384 g/mol. The van der Waals surface area contributed by atoms with Crippen molar-refractivity contribution in [3.8, 4) is 11.1 Å². The first kappa shape index (κ1) is 24.3. The van der Waals surface area contributed by atoms with Gasteiger partial charge in [0, 0.05) is 6.42 Å². The summed E-state index contributed by atoms with van der Waals surface area (Å²) in [5.74, 6) is 0.124. The molecule has 2 aromatic carbocycles. The number of benzene rings is 2. The maximum absolute atomic E-state index is 11.5. The van der Waals surface area contributed by atoms with E-state index >= 15 is 0 Å². The quantitative estimate of drug-likeness (QED) is 0.220. The van der Waals surface area contributed by atoms with Crippen LogP contribution >= 0.6 is 0 Å². The van der Waals surface area contributed by atoms with Gasteiger partial charge in [-0.1, -0.05) is 87.9 Å². The molecule has 0 spiro atoms. The predicted octanol–water partition coefficient (Wildman–Crippen LogP) is 8.04. The molecule has 0 amide bonds. The van der Waals surface area contributed by atoms with E-state index in [-0.39, 0.29) is 16.9 Å². The molecule has 2 aromatic rings. The minimum atomic E-state index is -1.91. The largest absolute Gasteiger partial charge is 0.410 e. The van der Waals surface area contributed by atoms with Gasteiger partial charge in [0.15, 0.2) is 14.1 Å². The summed E-state index contributed by atoms with van der Waals surface area (Å²) in [6.45, 7) is 17.1. The highest BCUT2D eigenvalue weighted by Gasteiger charge is 2.39. The van der Waals surface area contributed by atoms with Crippen LogP contribution in [-0.4, -0.2) is 14.1 Å². The fourth-order valence-corrected chi connectivity index (χ4v) is 4.51.